The normalized spacial score (nSPS) is 17.7. The van der Waals surface area contributed by atoms with E-state index in [1.165, 1.54) is 32.1 Å². The zero-order valence-corrected chi connectivity index (χ0v) is 13.6. The molecule has 1 saturated carbocycles. The third-order valence-electron chi connectivity index (χ3n) is 4.36. The van der Waals surface area contributed by atoms with Crippen LogP contribution in [0.15, 0.2) is 0 Å². The summed E-state index contributed by atoms with van der Waals surface area (Å²) >= 11 is 0. The van der Waals surface area contributed by atoms with Crippen LogP contribution in [0.2, 0.25) is 0 Å². The van der Waals surface area contributed by atoms with Gasteiger partial charge >= 0.3 is 5.97 Å². The molecule has 0 aromatic rings. The van der Waals surface area contributed by atoms with Crippen molar-refractivity contribution in [2.75, 3.05) is 6.54 Å². The predicted octanol–water partition coefficient (Wildman–Crippen LogP) is 3.60. The summed E-state index contributed by atoms with van der Waals surface area (Å²) in [6.07, 6.45) is 9.05. The van der Waals surface area contributed by atoms with Crippen molar-refractivity contribution >= 4 is 11.9 Å². The molecule has 0 saturated heterocycles. The number of carbonyl (C=O) groups excluding carboxylic acids is 1. The van der Waals surface area contributed by atoms with Crippen molar-refractivity contribution in [1.82, 2.24) is 5.32 Å². The molecule has 1 amide bonds. The van der Waals surface area contributed by atoms with E-state index in [1.54, 1.807) is 0 Å². The fourth-order valence-electron chi connectivity index (χ4n) is 3.31. The van der Waals surface area contributed by atoms with Crippen molar-refractivity contribution in [2.45, 2.75) is 71.6 Å². The number of aliphatic carboxylic acids is 1. The third kappa shape index (κ3) is 8.74. The minimum Gasteiger partial charge on any atom is -0.481 e. The Morgan fingerprint density at radius 2 is 1.86 bits per heavy atom. The van der Waals surface area contributed by atoms with Gasteiger partial charge in [-0.3, -0.25) is 9.59 Å². The van der Waals surface area contributed by atoms with E-state index in [4.69, 9.17) is 5.11 Å². The number of nitrogens with one attached hydrogen (secondary N) is 1. The summed E-state index contributed by atoms with van der Waals surface area (Å²) in [6.45, 7) is 4.66. The molecule has 4 heteroatoms. The second kappa shape index (κ2) is 9.80. The van der Waals surface area contributed by atoms with Crippen LogP contribution in [0.4, 0.5) is 0 Å². The van der Waals surface area contributed by atoms with Gasteiger partial charge in [-0.2, -0.15) is 0 Å². The van der Waals surface area contributed by atoms with Gasteiger partial charge in [0.15, 0.2) is 0 Å². The van der Waals surface area contributed by atoms with E-state index in [0.29, 0.717) is 18.9 Å². The number of carboxylic acid groups (broad SMARTS) is 1. The highest BCUT2D eigenvalue weighted by molar-refractivity contribution is 5.76. The van der Waals surface area contributed by atoms with Gasteiger partial charge in [-0.1, -0.05) is 46.0 Å². The quantitative estimate of drug-likeness (QED) is 0.683. The molecule has 1 unspecified atom stereocenters. The Kier molecular flexibility index (Phi) is 8.40. The largest absolute Gasteiger partial charge is 0.481 e. The molecule has 0 spiro atoms. The highest BCUT2D eigenvalue weighted by Gasteiger charge is 2.17. The first-order chi connectivity index (χ1) is 9.97. The molecule has 4 nitrogen and oxygen atoms in total. The second-order valence-electron chi connectivity index (χ2n) is 6.94. The van der Waals surface area contributed by atoms with Gasteiger partial charge in [-0.05, 0) is 30.6 Å². The first-order valence-corrected chi connectivity index (χ1v) is 8.45. The monoisotopic (exact) mass is 297 g/mol. The van der Waals surface area contributed by atoms with Gasteiger partial charge in [0.1, 0.15) is 0 Å². The molecule has 0 aromatic heterocycles. The number of carboxylic acids is 1. The Hall–Kier alpha value is -1.06. The minimum atomic E-state index is -0.780. The number of hydrogen-bond acceptors (Lipinski definition) is 2. The Morgan fingerprint density at radius 1 is 1.19 bits per heavy atom. The lowest BCUT2D eigenvalue weighted by atomic mass is 9.86. The van der Waals surface area contributed by atoms with Gasteiger partial charge in [-0.15, -0.1) is 0 Å². The average Bonchev–Trinajstić information content (AvgIpc) is 2.42. The van der Waals surface area contributed by atoms with E-state index in [1.807, 2.05) is 0 Å². The lowest BCUT2D eigenvalue weighted by Gasteiger charge is -2.21. The highest BCUT2D eigenvalue weighted by atomic mass is 16.4. The van der Waals surface area contributed by atoms with Crippen molar-refractivity contribution in [3.63, 3.8) is 0 Å². The molecule has 122 valence electrons. The number of rotatable bonds is 9. The van der Waals surface area contributed by atoms with Crippen LogP contribution in [0.3, 0.4) is 0 Å². The minimum absolute atomic E-state index is 0.0427. The van der Waals surface area contributed by atoms with Gasteiger partial charge in [0.05, 0.1) is 0 Å². The molecular weight excluding hydrogens is 266 g/mol. The first kappa shape index (κ1) is 18.0. The molecule has 1 aliphatic rings. The number of amides is 1. The van der Waals surface area contributed by atoms with E-state index in [0.717, 1.165) is 18.8 Å². The maximum Gasteiger partial charge on any atom is 0.303 e. The van der Waals surface area contributed by atoms with Crippen molar-refractivity contribution in [2.24, 2.45) is 17.8 Å². The summed E-state index contributed by atoms with van der Waals surface area (Å²) in [5, 5.41) is 11.9. The van der Waals surface area contributed by atoms with Gasteiger partial charge in [0, 0.05) is 19.4 Å². The summed E-state index contributed by atoms with van der Waals surface area (Å²) in [5.41, 5.74) is 0. The Bertz CT molecular complexity index is 322. The zero-order valence-electron chi connectivity index (χ0n) is 13.6. The Balaban J connectivity index is 2.23. The molecule has 0 aromatic carbocycles. The summed E-state index contributed by atoms with van der Waals surface area (Å²) in [7, 11) is 0. The molecular formula is C17H31NO3. The Labute approximate surface area is 128 Å². The molecule has 21 heavy (non-hydrogen) atoms. The van der Waals surface area contributed by atoms with Crippen LogP contribution in [0.5, 0.6) is 0 Å². The third-order valence-corrected chi connectivity index (χ3v) is 4.36. The summed E-state index contributed by atoms with van der Waals surface area (Å²) < 4.78 is 0. The van der Waals surface area contributed by atoms with Crippen molar-refractivity contribution in [3.05, 3.63) is 0 Å². The maximum absolute atomic E-state index is 11.9. The smallest absolute Gasteiger partial charge is 0.303 e. The Morgan fingerprint density at radius 3 is 2.43 bits per heavy atom. The molecule has 0 bridgehead atoms. The molecule has 0 radical (unpaired) electrons. The molecule has 0 heterocycles. The van der Waals surface area contributed by atoms with Gasteiger partial charge in [0.25, 0.3) is 0 Å². The van der Waals surface area contributed by atoms with Crippen LogP contribution in [-0.2, 0) is 9.59 Å². The van der Waals surface area contributed by atoms with E-state index in [9.17, 15) is 9.59 Å². The first-order valence-electron chi connectivity index (χ1n) is 8.45. The fraction of sp³-hybridized carbons (Fsp3) is 0.882. The van der Waals surface area contributed by atoms with Crippen molar-refractivity contribution in [1.29, 1.82) is 0 Å². The van der Waals surface area contributed by atoms with Crippen LogP contribution in [-0.4, -0.2) is 23.5 Å². The standard InChI is InChI=1S/C17H31NO3/c1-13(2)10-15(11-17(20)21)12-18-16(19)9-8-14-6-4-3-5-7-14/h13-15H,3-12H2,1-2H3,(H,18,19)(H,20,21). The van der Waals surface area contributed by atoms with Crippen molar-refractivity contribution < 1.29 is 14.7 Å². The summed E-state index contributed by atoms with van der Waals surface area (Å²) in [6, 6.07) is 0. The van der Waals surface area contributed by atoms with Crippen LogP contribution < -0.4 is 5.32 Å². The van der Waals surface area contributed by atoms with E-state index < -0.39 is 5.97 Å². The topological polar surface area (TPSA) is 66.4 Å². The maximum atomic E-state index is 11.9. The molecule has 1 fully saturated rings. The van der Waals surface area contributed by atoms with E-state index >= 15 is 0 Å². The van der Waals surface area contributed by atoms with Crippen LogP contribution in [0, 0.1) is 17.8 Å². The summed E-state index contributed by atoms with van der Waals surface area (Å²) in [5.74, 6) is 0.515. The van der Waals surface area contributed by atoms with Crippen LogP contribution in [0.25, 0.3) is 0 Å². The SMILES string of the molecule is CC(C)CC(CNC(=O)CCC1CCCCC1)CC(=O)O. The van der Waals surface area contributed by atoms with Gasteiger partial charge < -0.3 is 10.4 Å². The number of hydrogen-bond donors (Lipinski definition) is 2. The lowest BCUT2D eigenvalue weighted by Crippen LogP contribution is -2.31. The molecule has 2 N–H and O–H groups in total. The number of carbonyl (C=O) groups is 2. The predicted molar refractivity (Wildman–Crippen MR) is 84.0 cm³/mol. The average molecular weight is 297 g/mol. The second-order valence-corrected chi connectivity index (χ2v) is 6.94. The van der Waals surface area contributed by atoms with Crippen LogP contribution in [0.1, 0.15) is 71.6 Å². The molecule has 1 rings (SSSR count). The van der Waals surface area contributed by atoms with Crippen molar-refractivity contribution in [3.8, 4) is 0 Å². The molecule has 1 aliphatic carbocycles. The zero-order chi connectivity index (χ0) is 15.7. The fourth-order valence-corrected chi connectivity index (χ4v) is 3.31. The lowest BCUT2D eigenvalue weighted by molar-refractivity contribution is -0.138. The molecule has 0 aliphatic heterocycles. The van der Waals surface area contributed by atoms with E-state index in [-0.39, 0.29) is 18.2 Å². The highest BCUT2D eigenvalue weighted by Crippen LogP contribution is 2.27. The molecule has 1 atom stereocenters. The van der Waals surface area contributed by atoms with Crippen LogP contribution >= 0.6 is 0 Å². The van der Waals surface area contributed by atoms with Gasteiger partial charge in [0.2, 0.25) is 5.91 Å². The van der Waals surface area contributed by atoms with Gasteiger partial charge in [-0.25, -0.2) is 0 Å². The van der Waals surface area contributed by atoms with E-state index in [2.05, 4.69) is 19.2 Å². The summed E-state index contributed by atoms with van der Waals surface area (Å²) in [4.78, 5) is 22.8.